The van der Waals surface area contributed by atoms with Crippen molar-refractivity contribution in [3.63, 3.8) is 0 Å². The lowest BCUT2D eigenvalue weighted by atomic mass is 10.1. The Kier molecular flexibility index (Phi) is 3.12. The Morgan fingerprint density at radius 3 is 2.71 bits per heavy atom. The number of carbonyl (C=O) groups excluding carboxylic acids is 1. The molecule has 78 valence electrons. The average molecular weight is 195 g/mol. The summed E-state index contributed by atoms with van der Waals surface area (Å²) in [5, 5.41) is 11.5. The van der Waals surface area contributed by atoms with Crippen molar-refractivity contribution in [3.05, 3.63) is 0 Å². The largest absolute Gasteiger partial charge is 0.337 e. The third-order valence-corrected chi connectivity index (χ3v) is 2.54. The molecule has 1 rings (SSSR count). The van der Waals surface area contributed by atoms with Gasteiger partial charge in [0.05, 0.1) is 12.1 Å². The minimum atomic E-state index is -0.763. The first kappa shape index (κ1) is 11.0. The van der Waals surface area contributed by atoms with Crippen molar-refractivity contribution in [3.8, 4) is 6.07 Å². The third kappa shape index (κ3) is 2.46. The lowest BCUT2D eigenvalue weighted by Crippen LogP contribution is -2.49. The molecule has 4 heteroatoms. The van der Waals surface area contributed by atoms with Crippen LogP contribution in [0, 0.1) is 11.3 Å². The SMILES string of the molecule is CN1CCC[C@H]1C(=O)NC(C)(C)C#N. The number of nitriles is 1. The zero-order chi connectivity index (χ0) is 10.8. The number of nitrogens with one attached hydrogen (secondary N) is 1. The van der Waals surface area contributed by atoms with Gasteiger partial charge in [-0.05, 0) is 40.3 Å². The molecule has 1 N–H and O–H groups in total. The fourth-order valence-corrected chi connectivity index (χ4v) is 1.66. The number of amides is 1. The van der Waals surface area contributed by atoms with Crippen LogP contribution in [0.1, 0.15) is 26.7 Å². The first-order valence-corrected chi connectivity index (χ1v) is 4.90. The zero-order valence-corrected chi connectivity index (χ0v) is 9.00. The van der Waals surface area contributed by atoms with Crippen molar-refractivity contribution in [2.75, 3.05) is 13.6 Å². The summed E-state index contributed by atoms with van der Waals surface area (Å²) in [6, 6.07) is 2.01. The fraction of sp³-hybridized carbons (Fsp3) is 0.800. The van der Waals surface area contributed by atoms with Crippen LogP contribution >= 0.6 is 0 Å². The van der Waals surface area contributed by atoms with Crippen LogP contribution in [-0.2, 0) is 4.79 Å². The summed E-state index contributed by atoms with van der Waals surface area (Å²) in [7, 11) is 1.94. The standard InChI is InChI=1S/C10H17N3O/c1-10(2,7-11)12-9(14)8-5-4-6-13(8)3/h8H,4-6H2,1-3H3,(H,12,14)/t8-/m0/s1. The van der Waals surface area contributed by atoms with E-state index in [9.17, 15) is 4.79 Å². The van der Waals surface area contributed by atoms with Gasteiger partial charge in [-0.15, -0.1) is 0 Å². The zero-order valence-electron chi connectivity index (χ0n) is 9.00. The number of hydrogen-bond acceptors (Lipinski definition) is 3. The Balaban J connectivity index is 2.55. The van der Waals surface area contributed by atoms with E-state index in [4.69, 9.17) is 5.26 Å². The predicted octanol–water partition coefficient (Wildman–Crippen LogP) is 0.499. The second kappa shape index (κ2) is 3.97. The predicted molar refractivity (Wildman–Crippen MR) is 53.5 cm³/mol. The maximum Gasteiger partial charge on any atom is 0.238 e. The lowest BCUT2D eigenvalue weighted by molar-refractivity contribution is -0.126. The Hall–Kier alpha value is -1.08. The first-order chi connectivity index (χ1) is 6.46. The molecule has 0 aromatic carbocycles. The van der Waals surface area contributed by atoms with Crippen LogP contribution in [0.15, 0.2) is 0 Å². The molecule has 1 aliphatic rings. The minimum Gasteiger partial charge on any atom is -0.337 e. The molecule has 4 nitrogen and oxygen atoms in total. The third-order valence-electron chi connectivity index (χ3n) is 2.54. The first-order valence-electron chi connectivity index (χ1n) is 4.90. The van der Waals surface area contributed by atoms with Gasteiger partial charge in [-0.1, -0.05) is 0 Å². The van der Waals surface area contributed by atoms with Gasteiger partial charge >= 0.3 is 0 Å². The van der Waals surface area contributed by atoms with Gasteiger partial charge in [-0.25, -0.2) is 0 Å². The monoisotopic (exact) mass is 195 g/mol. The number of likely N-dealkylation sites (tertiary alicyclic amines) is 1. The van der Waals surface area contributed by atoms with Gasteiger partial charge in [0.25, 0.3) is 0 Å². The van der Waals surface area contributed by atoms with E-state index in [2.05, 4.69) is 11.4 Å². The van der Waals surface area contributed by atoms with Gasteiger partial charge in [0.2, 0.25) is 5.91 Å². The summed E-state index contributed by atoms with van der Waals surface area (Å²) in [5.74, 6) is -0.0310. The topological polar surface area (TPSA) is 56.1 Å². The van der Waals surface area contributed by atoms with Crippen LogP contribution in [0.25, 0.3) is 0 Å². The summed E-state index contributed by atoms with van der Waals surface area (Å²) in [5.41, 5.74) is -0.763. The van der Waals surface area contributed by atoms with Gasteiger partial charge in [0.1, 0.15) is 5.54 Å². The summed E-state index contributed by atoms with van der Waals surface area (Å²) >= 11 is 0. The van der Waals surface area contributed by atoms with E-state index in [0.717, 1.165) is 19.4 Å². The van der Waals surface area contributed by atoms with Gasteiger partial charge in [-0.3, -0.25) is 9.69 Å². The normalized spacial score (nSPS) is 23.1. The molecule has 0 spiro atoms. The maximum atomic E-state index is 11.7. The quantitative estimate of drug-likeness (QED) is 0.698. The molecule has 0 unspecified atom stereocenters. The van der Waals surface area contributed by atoms with Crippen molar-refractivity contribution in [1.82, 2.24) is 10.2 Å². The molecular weight excluding hydrogens is 178 g/mol. The molecule has 0 saturated carbocycles. The summed E-state index contributed by atoms with van der Waals surface area (Å²) in [6.07, 6.45) is 1.95. The van der Waals surface area contributed by atoms with Crippen molar-refractivity contribution >= 4 is 5.91 Å². The van der Waals surface area contributed by atoms with Gasteiger partial charge in [0.15, 0.2) is 0 Å². The molecule has 1 heterocycles. The van der Waals surface area contributed by atoms with E-state index in [1.807, 2.05) is 11.9 Å². The molecular formula is C10H17N3O. The van der Waals surface area contributed by atoms with E-state index in [-0.39, 0.29) is 11.9 Å². The molecule has 0 bridgehead atoms. The van der Waals surface area contributed by atoms with Crippen molar-refractivity contribution in [1.29, 1.82) is 5.26 Å². The Labute approximate surface area is 84.9 Å². The van der Waals surface area contributed by atoms with Crippen molar-refractivity contribution < 1.29 is 4.79 Å². The fourth-order valence-electron chi connectivity index (χ4n) is 1.66. The van der Waals surface area contributed by atoms with Gasteiger partial charge in [-0.2, -0.15) is 5.26 Å². The van der Waals surface area contributed by atoms with Crippen LogP contribution in [0.2, 0.25) is 0 Å². The Morgan fingerprint density at radius 1 is 1.64 bits per heavy atom. The van der Waals surface area contributed by atoms with E-state index in [1.54, 1.807) is 13.8 Å². The summed E-state index contributed by atoms with van der Waals surface area (Å²) in [4.78, 5) is 13.8. The smallest absolute Gasteiger partial charge is 0.238 e. The highest BCUT2D eigenvalue weighted by atomic mass is 16.2. The molecule has 0 aromatic rings. The van der Waals surface area contributed by atoms with Crippen LogP contribution in [-0.4, -0.2) is 36.0 Å². The van der Waals surface area contributed by atoms with Gasteiger partial charge < -0.3 is 5.32 Å². The van der Waals surface area contributed by atoms with Crippen molar-refractivity contribution in [2.24, 2.45) is 0 Å². The second-order valence-corrected chi connectivity index (χ2v) is 4.36. The van der Waals surface area contributed by atoms with E-state index >= 15 is 0 Å². The highest BCUT2D eigenvalue weighted by Gasteiger charge is 2.31. The van der Waals surface area contributed by atoms with Crippen molar-refractivity contribution in [2.45, 2.75) is 38.3 Å². The molecule has 1 saturated heterocycles. The number of nitrogens with zero attached hydrogens (tertiary/aromatic N) is 2. The molecule has 1 amide bonds. The van der Waals surface area contributed by atoms with Crippen LogP contribution in [0.5, 0.6) is 0 Å². The molecule has 14 heavy (non-hydrogen) atoms. The molecule has 0 radical (unpaired) electrons. The lowest BCUT2D eigenvalue weighted by Gasteiger charge is -2.23. The van der Waals surface area contributed by atoms with Crippen LogP contribution in [0.4, 0.5) is 0 Å². The Morgan fingerprint density at radius 2 is 2.29 bits per heavy atom. The molecule has 0 aromatic heterocycles. The number of rotatable bonds is 2. The Bertz CT molecular complexity index is 267. The van der Waals surface area contributed by atoms with E-state index in [1.165, 1.54) is 0 Å². The minimum absolute atomic E-state index is 0.0310. The average Bonchev–Trinajstić information content (AvgIpc) is 2.51. The maximum absolute atomic E-state index is 11.7. The van der Waals surface area contributed by atoms with E-state index < -0.39 is 5.54 Å². The number of carbonyl (C=O) groups is 1. The molecule has 1 atom stereocenters. The molecule has 0 aliphatic carbocycles. The summed E-state index contributed by atoms with van der Waals surface area (Å²) < 4.78 is 0. The highest BCUT2D eigenvalue weighted by molar-refractivity contribution is 5.83. The molecule has 1 aliphatic heterocycles. The number of hydrogen-bond donors (Lipinski definition) is 1. The van der Waals surface area contributed by atoms with Crippen LogP contribution < -0.4 is 5.32 Å². The van der Waals surface area contributed by atoms with E-state index in [0.29, 0.717) is 0 Å². The summed E-state index contributed by atoms with van der Waals surface area (Å²) in [6.45, 7) is 4.38. The number of likely N-dealkylation sites (N-methyl/N-ethyl adjacent to an activating group) is 1. The molecule has 1 fully saturated rings. The van der Waals surface area contributed by atoms with Crippen LogP contribution in [0.3, 0.4) is 0 Å². The highest BCUT2D eigenvalue weighted by Crippen LogP contribution is 2.15. The second-order valence-electron chi connectivity index (χ2n) is 4.36. The van der Waals surface area contributed by atoms with Gasteiger partial charge in [0, 0.05) is 0 Å².